The van der Waals surface area contributed by atoms with E-state index in [0.29, 0.717) is 5.92 Å². The maximum Gasteiger partial charge on any atom is 0.137 e. The minimum atomic E-state index is -0.0944. The van der Waals surface area contributed by atoms with E-state index in [9.17, 15) is 9.50 Å². The summed E-state index contributed by atoms with van der Waals surface area (Å²) in [5, 5.41) is 12.8. The number of benzene rings is 1. The Balaban J connectivity index is 1.66. The van der Waals surface area contributed by atoms with Crippen molar-refractivity contribution in [3.05, 3.63) is 29.6 Å². The first-order chi connectivity index (χ1) is 8.74. The van der Waals surface area contributed by atoms with Gasteiger partial charge in [0.25, 0.3) is 0 Å². The van der Waals surface area contributed by atoms with Gasteiger partial charge in [0.1, 0.15) is 5.82 Å². The summed E-state index contributed by atoms with van der Waals surface area (Å²) in [6.07, 6.45) is 2.77. The van der Waals surface area contributed by atoms with Crippen LogP contribution in [0.1, 0.15) is 30.9 Å². The van der Waals surface area contributed by atoms with Crippen LogP contribution in [0.2, 0.25) is 0 Å². The maximum absolute atomic E-state index is 13.7. The van der Waals surface area contributed by atoms with Gasteiger partial charge < -0.3 is 10.4 Å². The number of aliphatic hydroxyl groups is 1. The third kappa shape index (κ3) is 2.42. The van der Waals surface area contributed by atoms with Crippen LogP contribution in [0.5, 0.6) is 0 Å². The lowest BCUT2D eigenvalue weighted by Crippen LogP contribution is -2.38. The van der Waals surface area contributed by atoms with E-state index in [1.165, 1.54) is 6.07 Å². The van der Waals surface area contributed by atoms with E-state index < -0.39 is 0 Å². The number of hydrogen-bond donors (Lipinski definition) is 2. The highest BCUT2D eigenvalue weighted by Crippen LogP contribution is 2.38. The third-order valence-electron chi connectivity index (χ3n) is 3.89. The lowest BCUT2D eigenvalue weighted by molar-refractivity contribution is 0.0417. The lowest BCUT2D eigenvalue weighted by Gasteiger charge is -2.34. The van der Waals surface area contributed by atoms with Crippen LogP contribution in [-0.2, 0) is 0 Å². The van der Waals surface area contributed by atoms with E-state index >= 15 is 0 Å². The molecule has 1 saturated carbocycles. The normalized spacial score (nSPS) is 30.7. The fourth-order valence-electron chi connectivity index (χ4n) is 2.77. The highest BCUT2D eigenvalue weighted by Gasteiger charge is 2.29. The van der Waals surface area contributed by atoms with Crippen molar-refractivity contribution in [2.45, 2.75) is 36.3 Å². The second-order valence-electron chi connectivity index (χ2n) is 5.25. The molecule has 0 aromatic heterocycles. The van der Waals surface area contributed by atoms with E-state index in [0.717, 1.165) is 42.0 Å². The Morgan fingerprint density at radius 1 is 1.39 bits per heavy atom. The molecule has 1 aromatic rings. The molecular weight excluding hydrogens is 249 g/mol. The molecule has 0 bridgehead atoms. The molecule has 4 heteroatoms. The molecule has 2 aliphatic rings. The minimum Gasteiger partial charge on any atom is -0.393 e. The van der Waals surface area contributed by atoms with Crippen LogP contribution >= 0.6 is 11.8 Å². The van der Waals surface area contributed by atoms with Gasteiger partial charge in [-0.05, 0) is 49.1 Å². The van der Waals surface area contributed by atoms with Gasteiger partial charge >= 0.3 is 0 Å². The van der Waals surface area contributed by atoms with Gasteiger partial charge in [-0.3, -0.25) is 0 Å². The summed E-state index contributed by atoms with van der Waals surface area (Å²) in [6, 6.07) is 5.63. The summed E-state index contributed by atoms with van der Waals surface area (Å²) in [7, 11) is 0. The summed E-state index contributed by atoms with van der Waals surface area (Å²) in [6.45, 7) is 0.933. The SMILES string of the molecule is OC1CC(CNC2CCSc3c(F)cccc32)C1. The van der Waals surface area contributed by atoms with Crippen molar-refractivity contribution in [2.75, 3.05) is 12.3 Å². The zero-order chi connectivity index (χ0) is 12.5. The molecule has 98 valence electrons. The van der Waals surface area contributed by atoms with E-state index in [-0.39, 0.29) is 18.0 Å². The van der Waals surface area contributed by atoms with Crippen LogP contribution < -0.4 is 5.32 Å². The quantitative estimate of drug-likeness (QED) is 0.883. The molecule has 3 rings (SSSR count). The van der Waals surface area contributed by atoms with Gasteiger partial charge in [0, 0.05) is 10.9 Å². The Morgan fingerprint density at radius 2 is 2.22 bits per heavy atom. The molecule has 1 unspecified atom stereocenters. The zero-order valence-corrected chi connectivity index (χ0v) is 11.0. The average molecular weight is 267 g/mol. The highest BCUT2D eigenvalue weighted by molar-refractivity contribution is 7.99. The van der Waals surface area contributed by atoms with Crippen molar-refractivity contribution in [1.29, 1.82) is 0 Å². The smallest absolute Gasteiger partial charge is 0.137 e. The van der Waals surface area contributed by atoms with Crippen LogP contribution in [0.4, 0.5) is 4.39 Å². The standard InChI is InChI=1S/C14H18FNOS/c15-12-3-1-2-11-13(4-5-18-14(11)12)16-8-9-6-10(17)7-9/h1-3,9-10,13,16-17H,4-8H2. The summed E-state index contributed by atoms with van der Waals surface area (Å²) in [5.41, 5.74) is 1.10. The molecule has 1 atom stereocenters. The Kier molecular flexibility index (Phi) is 3.59. The number of thioether (sulfide) groups is 1. The summed E-state index contributed by atoms with van der Waals surface area (Å²) in [4.78, 5) is 0.815. The molecule has 1 heterocycles. The van der Waals surface area contributed by atoms with Crippen molar-refractivity contribution >= 4 is 11.8 Å². The third-order valence-corrected chi connectivity index (χ3v) is 5.05. The maximum atomic E-state index is 13.7. The van der Waals surface area contributed by atoms with Crippen molar-refractivity contribution in [2.24, 2.45) is 5.92 Å². The average Bonchev–Trinajstić information content (AvgIpc) is 2.34. The second kappa shape index (κ2) is 5.19. The molecule has 0 saturated heterocycles. The Labute approximate surface area is 111 Å². The minimum absolute atomic E-state index is 0.0940. The number of fused-ring (bicyclic) bond motifs is 1. The molecule has 2 nitrogen and oxygen atoms in total. The van der Waals surface area contributed by atoms with Crippen LogP contribution in [0.15, 0.2) is 23.1 Å². The van der Waals surface area contributed by atoms with Gasteiger partial charge in [-0.1, -0.05) is 12.1 Å². The molecule has 0 radical (unpaired) electrons. The number of aliphatic hydroxyl groups excluding tert-OH is 1. The number of hydrogen-bond acceptors (Lipinski definition) is 3. The first-order valence-electron chi connectivity index (χ1n) is 6.56. The molecule has 1 aromatic carbocycles. The van der Waals surface area contributed by atoms with Gasteiger partial charge in [-0.25, -0.2) is 4.39 Å². The Morgan fingerprint density at radius 3 is 3.00 bits per heavy atom. The number of nitrogens with one attached hydrogen (secondary N) is 1. The van der Waals surface area contributed by atoms with E-state index in [1.807, 2.05) is 6.07 Å². The van der Waals surface area contributed by atoms with Crippen molar-refractivity contribution in [1.82, 2.24) is 5.32 Å². The van der Waals surface area contributed by atoms with E-state index in [1.54, 1.807) is 17.8 Å². The van der Waals surface area contributed by atoms with Crippen LogP contribution in [0.3, 0.4) is 0 Å². The summed E-state index contributed by atoms with van der Waals surface area (Å²) >= 11 is 1.62. The zero-order valence-electron chi connectivity index (χ0n) is 10.2. The van der Waals surface area contributed by atoms with Crippen molar-refractivity contribution < 1.29 is 9.50 Å². The molecule has 1 aliphatic carbocycles. The van der Waals surface area contributed by atoms with Gasteiger partial charge in [0.2, 0.25) is 0 Å². The Hall–Kier alpha value is -0.580. The van der Waals surface area contributed by atoms with E-state index in [2.05, 4.69) is 5.32 Å². The first kappa shape index (κ1) is 12.5. The fraction of sp³-hybridized carbons (Fsp3) is 0.571. The second-order valence-corrected chi connectivity index (χ2v) is 6.35. The van der Waals surface area contributed by atoms with Crippen LogP contribution in [0, 0.1) is 11.7 Å². The topological polar surface area (TPSA) is 32.3 Å². The molecule has 1 aliphatic heterocycles. The molecule has 2 N–H and O–H groups in total. The number of rotatable bonds is 3. The predicted octanol–water partition coefficient (Wildman–Crippen LogP) is 2.72. The fourth-order valence-corrected chi connectivity index (χ4v) is 3.92. The molecule has 0 spiro atoms. The Bertz CT molecular complexity index is 434. The largest absolute Gasteiger partial charge is 0.393 e. The molecule has 1 fully saturated rings. The summed E-state index contributed by atoms with van der Waals surface area (Å²) < 4.78 is 13.7. The molecule has 18 heavy (non-hydrogen) atoms. The van der Waals surface area contributed by atoms with Crippen molar-refractivity contribution in [3.63, 3.8) is 0 Å². The summed E-state index contributed by atoms with van der Waals surface area (Å²) in [5.74, 6) is 1.47. The highest BCUT2D eigenvalue weighted by atomic mass is 32.2. The number of halogens is 1. The lowest BCUT2D eigenvalue weighted by atomic mass is 9.82. The van der Waals surface area contributed by atoms with Gasteiger partial charge in [-0.15, -0.1) is 11.8 Å². The van der Waals surface area contributed by atoms with E-state index in [4.69, 9.17) is 0 Å². The molecule has 0 amide bonds. The van der Waals surface area contributed by atoms with Gasteiger partial charge in [0.05, 0.1) is 6.10 Å². The van der Waals surface area contributed by atoms with Gasteiger partial charge in [0.15, 0.2) is 0 Å². The van der Waals surface area contributed by atoms with Crippen LogP contribution in [0.25, 0.3) is 0 Å². The van der Waals surface area contributed by atoms with Gasteiger partial charge in [-0.2, -0.15) is 0 Å². The predicted molar refractivity (Wildman–Crippen MR) is 71.2 cm³/mol. The first-order valence-corrected chi connectivity index (χ1v) is 7.55. The van der Waals surface area contributed by atoms with Crippen LogP contribution in [-0.4, -0.2) is 23.5 Å². The molecular formula is C14H18FNOS. The monoisotopic (exact) mass is 267 g/mol. The van der Waals surface area contributed by atoms with Crippen molar-refractivity contribution in [3.8, 4) is 0 Å².